The second-order valence-electron chi connectivity index (χ2n) is 5.87. The first-order chi connectivity index (χ1) is 11.2. The molecular formula is C19H21NO3. The number of rotatable bonds is 5. The molecule has 0 aromatic heterocycles. The van der Waals surface area contributed by atoms with E-state index in [-0.39, 0.29) is 24.5 Å². The summed E-state index contributed by atoms with van der Waals surface area (Å²) in [6.45, 7) is -0.0247. The van der Waals surface area contributed by atoms with Gasteiger partial charge in [0, 0.05) is 11.6 Å². The van der Waals surface area contributed by atoms with Gasteiger partial charge in [-0.3, -0.25) is 4.79 Å². The highest BCUT2D eigenvalue weighted by Gasteiger charge is 2.39. The third-order valence-electron chi connectivity index (χ3n) is 4.39. The lowest BCUT2D eigenvalue weighted by Crippen LogP contribution is -2.36. The molecule has 2 atom stereocenters. The Labute approximate surface area is 136 Å². The molecule has 0 spiro atoms. The molecule has 0 saturated carbocycles. The van der Waals surface area contributed by atoms with Crippen LogP contribution >= 0.6 is 0 Å². The van der Waals surface area contributed by atoms with Crippen molar-refractivity contribution in [1.29, 1.82) is 0 Å². The van der Waals surface area contributed by atoms with Gasteiger partial charge in [0.25, 0.3) is 0 Å². The van der Waals surface area contributed by atoms with E-state index in [1.54, 1.807) is 12.0 Å². The van der Waals surface area contributed by atoms with Crippen molar-refractivity contribution < 1.29 is 14.6 Å². The van der Waals surface area contributed by atoms with Crippen LogP contribution in [-0.2, 0) is 11.2 Å². The first-order valence-electron chi connectivity index (χ1n) is 7.85. The van der Waals surface area contributed by atoms with Crippen LogP contribution in [0.25, 0.3) is 0 Å². The molecule has 3 rings (SSSR count). The van der Waals surface area contributed by atoms with Crippen molar-refractivity contribution in [2.45, 2.75) is 18.9 Å². The van der Waals surface area contributed by atoms with E-state index in [4.69, 9.17) is 4.74 Å². The van der Waals surface area contributed by atoms with Crippen LogP contribution in [0.15, 0.2) is 54.6 Å². The van der Waals surface area contributed by atoms with Crippen molar-refractivity contribution >= 4 is 11.6 Å². The van der Waals surface area contributed by atoms with Crippen LogP contribution in [0.2, 0.25) is 0 Å². The third kappa shape index (κ3) is 3.22. The summed E-state index contributed by atoms with van der Waals surface area (Å²) in [5.41, 5.74) is 1.96. The Morgan fingerprint density at radius 1 is 1.13 bits per heavy atom. The van der Waals surface area contributed by atoms with Crippen molar-refractivity contribution in [3.8, 4) is 5.75 Å². The molecule has 1 saturated heterocycles. The van der Waals surface area contributed by atoms with E-state index >= 15 is 0 Å². The van der Waals surface area contributed by atoms with E-state index in [2.05, 4.69) is 0 Å². The molecule has 1 N–H and O–H groups in total. The molecule has 0 aliphatic carbocycles. The molecule has 1 aliphatic heterocycles. The lowest BCUT2D eigenvalue weighted by molar-refractivity contribution is -0.120. The Bertz CT molecular complexity index is 654. The summed E-state index contributed by atoms with van der Waals surface area (Å²) >= 11 is 0. The van der Waals surface area contributed by atoms with Crippen LogP contribution in [0, 0.1) is 5.92 Å². The highest BCUT2D eigenvalue weighted by atomic mass is 16.5. The summed E-state index contributed by atoms with van der Waals surface area (Å²) in [5.74, 6) is 0.747. The number of amides is 1. The second kappa shape index (κ2) is 6.84. The van der Waals surface area contributed by atoms with Crippen LogP contribution in [0.5, 0.6) is 5.75 Å². The second-order valence-corrected chi connectivity index (χ2v) is 5.87. The molecule has 23 heavy (non-hydrogen) atoms. The number of ether oxygens (including phenoxy) is 1. The molecule has 1 amide bonds. The van der Waals surface area contributed by atoms with Gasteiger partial charge in [0.1, 0.15) is 5.75 Å². The Balaban J connectivity index is 1.80. The van der Waals surface area contributed by atoms with Gasteiger partial charge in [-0.05, 0) is 42.7 Å². The average molecular weight is 311 g/mol. The average Bonchev–Trinajstić information content (AvgIpc) is 2.92. The number of anilines is 1. The molecule has 0 bridgehead atoms. The standard InChI is InChI=1S/C19H21NO3/c1-23-18-9-7-16(8-10-18)20-17(13-21)12-15(19(20)22)11-14-5-3-2-4-6-14/h2-10,15,17,21H,11-13H2,1H3. The molecule has 4 heteroatoms. The molecule has 0 radical (unpaired) electrons. The van der Waals surface area contributed by atoms with Crippen molar-refractivity contribution in [2.75, 3.05) is 18.6 Å². The van der Waals surface area contributed by atoms with E-state index in [0.29, 0.717) is 12.8 Å². The number of hydrogen-bond acceptors (Lipinski definition) is 3. The van der Waals surface area contributed by atoms with Crippen LogP contribution in [-0.4, -0.2) is 30.8 Å². The van der Waals surface area contributed by atoms with Gasteiger partial charge in [0.2, 0.25) is 5.91 Å². The summed E-state index contributed by atoms with van der Waals surface area (Å²) in [4.78, 5) is 14.5. The van der Waals surface area contributed by atoms with Gasteiger partial charge >= 0.3 is 0 Å². The molecule has 120 valence electrons. The van der Waals surface area contributed by atoms with Gasteiger partial charge < -0.3 is 14.7 Å². The first kappa shape index (κ1) is 15.6. The lowest BCUT2D eigenvalue weighted by Gasteiger charge is -2.23. The molecule has 1 aliphatic rings. The number of aliphatic hydroxyl groups is 1. The SMILES string of the molecule is COc1ccc(N2C(=O)C(Cc3ccccc3)CC2CO)cc1. The molecule has 2 unspecified atom stereocenters. The topological polar surface area (TPSA) is 49.8 Å². The molecule has 1 fully saturated rings. The van der Waals surface area contributed by atoms with Gasteiger partial charge in [-0.2, -0.15) is 0 Å². The van der Waals surface area contributed by atoms with Crippen LogP contribution in [0.4, 0.5) is 5.69 Å². The van der Waals surface area contributed by atoms with Crippen LogP contribution in [0.3, 0.4) is 0 Å². The van der Waals surface area contributed by atoms with E-state index < -0.39 is 0 Å². The minimum absolute atomic E-state index is 0.0247. The Morgan fingerprint density at radius 3 is 2.43 bits per heavy atom. The molecular weight excluding hydrogens is 290 g/mol. The van der Waals surface area contributed by atoms with Gasteiger partial charge in [-0.1, -0.05) is 30.3 Å². The quantitative estimate of drug-likeness (QED) is 0.923. The summed E-state index contributed by atoms with van der Waals surface area (Å²) in [7, 11) is 1.61. The number of methoxy groups -OCH3 is 1. The van der Waals surface area contributed by atoms with E-state index in [9.17, 15) is 9.90 Å². The van der Waals surface area contributed by atoms with E-state index in [1.807, 2.05) is 54.6 Å². The first-order valence-corrected chi connectivity index (χ1v) is 7.85. The number of carbonyl (C=O) groups excluding carboxylic acids is 1. The predicted molar refractivity (Wildman–Crippen MR) is 89.6 cm³/mol. The normalized spacial score (nSPS) is 20.8. The summed E-state index contributed by atoms with van der Waals surface area (Å²) in [5, 5.41) is 9.68. The van der Waals surface area contributed by atoms with Gasteiger partial charge in [-0.15, -0.1) is 0 Å². The maximum Gasteiger partial charge on any atom is 0.230 e. The fourth-order valence-corrected chi connectivity index (χ4v) is 3.22. The molecule has 2 aromatic rings. The van der Waals surface area contributed by atoms with E-state index in [1.165, 1.54) is 0 Å². The molecule has 4 nitrogen and oxygen atoms in total. The maximum atomic E-state index is 12.8. The van der Waals surface area contributed by atoms with Crippen LogP contribution < -0.4 is 9.64 Å². The van der Waals surface area contributed by atoms with Gasteiger partial charge in [0.15, 0.2) is 0 Å². The zero-order valence-corrected chi connectivity index (χ0v) is 13.2. The van der Waals surface area contributed by atoms with Gasteiger partial charge in [-0.25, -0.2) is 0 Å². The van der Waals surface area contributed by atoms with Crippen LogP contribution in [0.1, 0.15) is 12.0 Å². The lowest BCUT2D eigenvalue weighted by atomic mass is 9.96. The number of hydrogen-bond donors (Lipinski definition) is 1. The Morgan fingerprint density at radius 2 is 1.83 bits per heavy atom. The maximum absolute atomic E-state index is 12.8. The summed E-state index contributed by atoms with van der Waals surface area (Å²) in [6, 6.07) is 17.3. The summed E-state index contributed by atoms with van der Waals surface area (Å²) in [6.07, 6.45) is 1.39. The van der Waals surface area contributed by atoms with Gasteiger partial charge in [0.05, 0.1) is 19.8 Å². The molecule has 1 heterocycles. The number of carbonyl (C=O) groups is 1. The monoisotopic (exact) mass is 311 g/mol. The zero-order valence-electron chi connectivity index (χ0n) is 13.2. The predicted octanol–water partition coefficient (Wildman–Crippen LogP) is 2.65. The van der Waals surface area contributed by atoms with Crippen molar-refractivity contribution in [2.24, 2.45) is 5.92 Å². The zero-order chi connectivity index (χ0) is 16.2. The van der Waals surface area contributed by atoms with Crippen molar-refractivity contribution in [1.82, 2.24) is 0 Å². The highest BCUT2D eigenvalue weighted by Crippen LogP contribution is 2.33. The number of benzene rings is 2. The summed E-state index contributed by atoms with van der Waals surface area (Å²) < 4.78 is 5.16. The number of aliphatic hydroxyl groups excluding tert-OH is 1. The molecule has 2 aromatic carbocycles. The number of nitrogens with zero attached hydrogens (tertiary/aromatic N) is 1. The van der Waals surface area contributed by atoms with Crippen molar-refractivity contribution in [3.63, 3.8) is 0 Å². The third-order valence-corrected chi connectivity index (χ3v) is 4.39. The smallest absolute Gasteiger partial charge is 0.230 e. The Hall–Kier alpha value is -2.33. The fourth-order valence-electron chi connectivity index (χ4n) is 3.22. The minimum atomic E-state index is -0.162. The van der Waals surface area contributed by atoms with E-state index in [0.717, 1.165) is 17.0 Å². The Kier molecular flexibility index (Phi) is 4.63. The minimum Gasteiger partial charge on any atom is -0.497 e. The highest BCUT2D eigenvalue weighted by molar-refractivity contribution is 5.98. The fraction of sp³-hybridized carbons (Fsp3) is 0.316. The van der Waals surface area contributed by atoms with Crippen molar-refractivity contribution in [3.05, 3.63) is 60.2 Å². The largest absolute Gasteiger partial charge is 0.497 e.